The highest BCUT2D eigenvalue weighted by molar-refractivity contribution is 6.01. The second-order valence-electron chi connectivity index (χ2n) is 4.56. The third kappa shape index (κ3) is 4.41. The normalized spacial score (nSPS) is 9.78. The number of benzene rings is 2. The van der Waals surface area contributed by atoms with Gasteiger partial charge in [0.1, 0.15) is 12.0 Å². The van der Waals surface area contributed by atoms with Crippen LogP contribution in [0.4, 0.5) is 5.69 Å². The predicted octanol–water partition coefficient (Wildman–Crippen LogP) is 2.30. The van der Waals surface area contributed by atoms with Crippen LogP contribution < -0.4 is 10.1 Å². The third-order valence-electron chi connectivity index (χ3n) is 2.97. The molecule has 1 N–H and O–H groups in total. The molecule has 0 saturated carbocycles. The van der Waals surface area contributed by atoms with Crippen molar-refractivity contribution < 1.29 is 23.9 Å². The van der Waals surface area contributed by atoms with Crippen LogP contribution in [0.3, 0.4) is 0 Å². The Kier molecular flexibility index (Phi) is 5.46. The van der Waals surface area contributed by atoms with Gasteiger partial charge in [0.15, 0.2) is 6.61 Å². The average Bonchev–Trinajstić information content (AvgIpc) is 2.60. The molecule has 0 aliphatic rings. The Balaban J connectivity index is 2.00. The van der Waals surface area contributed by atoms with Crippen LogP contribution in [0.15, 0.2) is 48.5 Å². The second kappa shape index (κ2) is 7.74. The van der Waals surface area contributed by atoms with Crippen molar-refractivity contribution in [3.05, 3.63) is 59.7 Å². The summed E-state index contributed by atoms with van der Waals surface area (Å²) in [5.74, 6) is -0.565. The van der Waals surface area contributed by atoms with Gasteiger partial charge in [-0.1, -0.05) is 24.3 Å². The van der Waals surface area contributed by atoms with Crippen LogP contribution in [-0.2, 0) is 9.53 Å². The van der Waals surface area contributed by atoms with Crippen molar-refractivity contribution in [1.82, 2.24) is 0 Å². The topological polar surface area (TPSA) is 81.7 Å². The molecule has 0 spiro atoms. The van der Waals surface area contributed by atoms with Gasteiger partial charge in [0, 0.05) is 5.56 Å². The van der Waals surface area contributed by atoms with Crippen molar-refractivity contribution in [1.29, 1.82) is 0 Å². The first-order chi connectivity index (χ1) is 11.1. The first-order valence-corrected chi connectivity index (χ1v) is 6.79. The molecule has 0 bridgehead atoms. The lowest BCUT2D eigenvalue weighted by Gasteiger charge is -2.10. The van der Waals surface area contributed by atoms with Gasteiger partial charge in [-0.3, -0.25) is 9.59 Å². The van der Waals surface area contributed by atoms with Crippen molar-refractivity contribution in [2.45, 2.75) is 0 Å². The highest BCUT2D eigenvalue weighted by Crippen LogP contribution is 2.16. The van der Waals surface area contributed by atoms with Gasteiger partial charge in [-0.2, -0.15) is 0 Å². The third-order valence-corrected chi connectivity index (χ3v) is 2.97. The van der Waals surface area contributed by atoms with Gasteiger partial charge in [-0.05, 0) is 24.3 Å². The van der Waals surface area contributed by atoms with Crippen LogP contribution in [0.1, 0.15) is 20.7 Å². The van der Waals surface area contributed by atoms with Crippen LogP contribution in [-0.4, -0.2) is 31.9 Å². The zero-order chi connectivity index (χ0) is 16.7. The van der Waals surface area contributed by atoms with E-state index in [1.54, 1.807) is 42.5 Å². The SMILES string of the molecule is COC(=O)c1ccccc1NC(=O)COc1cccc(C=O)c1. The minimum absolute atomic E-state index is 0.252. The Morgan fingerprint density at radius 3 is 2.65 bits per heavy atom. The molecule has 1 amide bonds. The Morgan fingerprint density at radius 2 is 1.91 bits per heavy atom. The summed E-state index contributed by atoms with van der Waals surface area (Å²) < 4.78 is 9.98. The molecule has 6 nitrogen and oxygen atoms in total. The maximum Gasteiger partial charge on any atom is 0.339 e. The number of ether oxygens (including phenoxy) is 2. The number of para-hydroxylation sites is 1. The molecular weight excluding hydrogens is 298 g/mol. The summed E-state index contributed by atoms with van der Waals surface area (Å²) in [6, 6.07) is 13.0. The van der Waals surface area contributed by atoms with Crippen LogP contribution >= 0.6 is 0 Å². The van der Waals surface area contributed by atoms with E-state index in [2.05, 4.69) is 10.1 Å². The number of amides is 1. The average molecular weight is 313 g/mol. The number of esters is 1. The van der Waals surface area contributed by atoms with Crippen LogP contribution in [0.5, 0.6) is 5.75 Å². The highest BCUT2D eigenvalue weighted by atomic mass is 16.5. The molecule has 2 aromatic carbocycles. The standard InChI is InChI=1S/C17H15NO5/c1-22-17(21)14-7-2-3-8-15(14)18-16(20)11-23-13-6-4-5-12(9-13)10-19/h2-10H,11H2,1H3,(H,18,20). The number of hydrogen-bond donors (Lipinski definition) is 1. The van der Waals surface area contributed by atoms with E-state index in [0.29, 0.717) is 23.3 Å². The van der Waals surface area contributed by atoms with E-state index >= 15 is 0 Å². The first kappa shape index (κ1) is 16.2. The fraction of sp³-hybridized carbons (Fsp3) is 0.118. The zero-order valence-electron chi connectivity index (χ0n) is 12.4. The summed E-state index contributed by atoms with van der Waals surface area (Å²) in [6.45, 7) is -0.252. The maximum absolute atomic E-state index is 11.9. The number of aldehydes is 1. The number of carbonyl (C=O) groups is 3. The van der Waals surface area contributed by atoms with Crippen molar-refractivity contribution in [2.24, 2.45) is 0 Å². The molecule has 6 heteroatoms. The van der Waals surface area contributed by atoms with E-state index in [9.17, 15) is 14.4 Å². The quantitative estimate of drug-likeness (QED) is 0.653. The Hall–Kier alpha value is -3.15. The van der Waals surface area contributed by atoms with E-state index in [4.69, 9.17) is 4.74 Å². The molecule has 0 heterocycles. The molecule has 23 heavy (non-hydrogen) atoms. The molecule has 2 aromatic rings. The maximum atomic E-state index is 11.9. The largest absolute Gasteiger partial charge is 0.484 e. The molecule has 0 aromatic heterocycles. The molecule has 0 radical (unpaired) electrons. The van der Waals surface area contributed by atoms with Crippen molar-refractivity contribution in [3.8, 4) is 5.75 Å². The fourth-order valence-electron chi connectivity index (χ4n) is 1.89. The van der Waals surface area contributed by atoms with Crippen LogP contribution in [0.2, 0.25) is 0 Å². The summed E-state index contributed by atoms with van der Waals surface area (Å²) in [7, 11) is 1.27. The summed E-state index contributed by atoms with van der Waals surface area (Å²) in [6.07, 6.45) is 0.694. The van der Waals surface area contributed by atoms with E-state index in [-0.39, 0.29) is 12.2 Å². The minimum atomic E-state index is -0.541. The lowest BCUT2D eigenvalue weighted by molar-refractivity contribution is -0.118. The summed E-state index contributed by atoms with van der Waals surface area (Å²) in [5, 5.41) is 2.59. The number of rotatable bonds is 6. The molecular formula is C17H15NO5. The summed E-state index contributed by atoms with van der Waals surface area (Å²) >= 11 is 0. The number of carbonyl (C=O) groups excluding carboxylic acids is 3. The lowest BCUT2D eigenvalue weighted by Crippen LogP contribution is -2.21. The zero-order valence-corrected chi connectivity index (χ0v) is 12.4. The smallest absolute Gasteiger partial charge is 0.339 e. The second-order valence-corrected chi connectivity index (χ2v) is 4.56. The van der Waals surface area contributed by atoms with Gasteiger partial charge in [0.25, 0.3) is 5.91 Å². The Bertz CT molecular complexity index is 726. The number of anilines is 1. The Labute approximate surface area is 133 Å². The van der Waals surface area contributed by atoms with Crippen molar-refractivity contribution >= 4 is 23.9 Å². The molecule has 0 aliphatic heterocycles. The van der Waals surface area contributed by atoms with E-state index in [1.165, 1.54) is 13.2 Å². The number of hydrogen-bond acceptors (Lipinski definition) is 5. The van der Waals surface area contributed by atoms with Gasteiger partial charge in [0.2, 0.25) is 0 Å². The number of nitrogens with one attached hydrogen (secondary N) is 1. The summed E-state index contributed by atoms with van der Waals surface area (Å²) in [5.41, 5.74) is 1.06. The van der Waals surface area contributed by atoms with E-state index in [0.717, 1.165) is 0 Å². The van der Waals surface area contributed by atoms with Crippen LogP contribution in [0, 0.1) is 0 Å². The van der Waals surface area contributed by atoms with E-state index in [1.807, 2.05) is 0 Å². The lowest BCUT2D eigenvalue weighted by atomic mass is 10.2. The van der Waals surface area contributed by atoms with Gasteiger partial charge >= 0.3 is 5.97 Å². The molecule has 0 fully saturated rings. The monoisotopic (exact) mass is 313 g/mol. The number of methoxy groups -OCH3 is 1. The van der Waals surface area contributed by atoms with Gasteiger partial charge in [-0.15, -0.1) is 0 Å². The van der Waals surface area contributed by atoms with Crippen molar-refractivity contribution in [3.63, 3.8) is 0 Å². The molecule has 0 atom stereocenters. The van der Waals surface area contributed by atoms with Crippen molar-refractivity contribution in [2.75, 3.05) is 19.0 Å². The van der Waals surface area contributed by atoms with E-state index < -0.39 is 11.9 Å². The molecule has 118 valence electrons. The first-order valence-electron chi connectivity index (χ1n) is 6.79. The molecule has 2 rings (SSSR count). The fourth-order valence-corrected chi connectivity index (χ4v) is 1.89. The highest BCUT2D eigenvalue weighted by Gasteiger charge is 2.13. The van der Waals surface area contributed by atoms with Gasteiger partial charge < -0.3 is 14.8 Å². The Morgan fingerprint density at radius 1 is 1.13 bits per heavy atom. The molecule has 0 unspecified atom stereocenters. The van der Waals surface area contributed by atoms with Gasteiger partial charge in [0.05, 0.1) is 18.4 Å². The molecule has 0 saturated heterocycles. The van der Waals surface area contributed by atoms with Crippen LogP contribution in [0.25, 0.3) is 0 Å². The predicted molar refractivity (Wildman–Crippen MR) is 83.7 cm³/mol. The van der Waals surface area contributed by atoms with Gasteiger partial charge in [-0.25, -0.2) is 4.79 Å². The molecule has 0 aliphatic carbocycles. The summed E-state index contributed by atoms with van der Waals surface area (Å²) in [4.78, 5) is 34.3. The minimum Gasteiger partial charge on any atom is -0.484 e.